The maximum atomic E-state index is 11.9. The number of carbonyl (C=O) groups is 2. The van der Waals surface area contributed by atoms with Gasteiger partial charge in [-0.15, -0.1) is 0 Å². The van der Waals surface area contributed by atoms with Gasteiger partial charge in [0.05, 0.1) is 15.7 Å². The Kier molecular flexibility index (Phi) is 6.46. The minimum Gasteiger partial charge on any atom is -0.324 e. The van der Waals surface area contributed by atoms with Gasteiger partial charge in [0.2, 0.25) is 5.91 Å². The number of nitrogens with one attached hydrogen (secondary N) is 1. The molecule has 1 amide bonds. The first-order valence-electron chi connectivity index (χ1n) is 7.00. The van der Waals surface area contributed by atoms with Crippen molar-refractivity contribution in [2.75, 3.05) is 5.32 Å². The zero-order chi connectivity index (χ0) is 16.8. The van der Waals surface area contributed by atoms with Crippen LogP contribution in [0.5, 0.6) is 0 Å². The predicted octanol–water partition coefficient (Wildman–Crippen LogP) is 5.64. The van der Waals surface area contributed by atoms with E-state index in [0.717, 1.165) is 0 Å². The summed E-state index contributed by atoms with van der Waals surface area (Å²) in [4.78, 5) is 23.9. The van der Waals surface area contributed by atoms with Crippen molar-refractivity contribution in [3.05, 3.63) is 63.1 Å². The molecule has 0 aliphatic carbocycles. The smallest absolute Gasteiger partial charge is 0.224 e. The molecule has 0 aliphatic heterocycles. The minimum absolute atomic E-state index is 0.0148. The number of hydrogen-bond donors (Lipinski definition) is 1. The van der Waals surface area contributed by atoms with Crippen LogP contribution in [0.25, 0.3) is 0 Å². The summed E-state index contributed by atoms with van der Waals surface area (Å²) in [7, 11) is 0. The molecule has 0 heterocycles. The summed E-state index contributed by atoms with van der Waals surface area (Å²) in [5, 5.41) is 3.59. The number of anilines is 1. The fraction of sp³-hybridized carbons (Fsp3) is 0.176. The Bertz CT molecular complexity index is 694. The van der Waals surface area contributed by atoms with Gasteiger partial charge in [-0.1, -0.05) is 65.1 Å². The zero-order valence-corrected chi connectivity index (χ0v) is 14.4. The molecule has 120 valence electrons. The predicted molar refractivity (Wildman–Crippen MR) is 94.7 cm³/mol. The van der Waals surface area contributed by atoms with E-state index in [1.807, 2.05) is 18.2 Å². The molecular weight excluding hydrogens is 357 g/mol. The third-order valence-electron chi connectivity index (χ3n) is 3.17. The lowest BCUT2D eigenvalue weighted by Gasteiger charge is -2.09. The lowest BCUT2D eigenvalue weighted by molar-refractivity contribution is -0.116. The van der Waals surface area contributed by atoms with Gasteiger partial charge < -0.3 is 5.32 Å². The van der Waals surface area contributed by atoms with E-state index in [-0.39, 0.29) is 28.2 Å². The summed E-state index contributed by atoms with van der Waals surface area (Å²) in [5.74, 6) is -0.238. The highest BCUT2D eigenvalue weighted by Crippen LogP contribution is 2.33. The summed E-state index contributed by atoms with van der Waals surface area (Å²) >= 11 is 17.8. The molecule has 0 aliphatic rings. The van der Waals surface area contributed by atoms with Gasteiger partial charge in [0.15, 0.2) is 5.78 Å². The van der Waals surface area contributed by atoms with E-state index >= 15 is 0 Å². The van der Waals surface area contributed by atoms with Crippen LogP contribution in [0.2, 0.25) is 15.1 Å². The topological polar surface area (TPSA) is 46.2 Å². The molecule has 0 radical (unpaired) electrons. The Hall–Kier alpha value is -1.55. The van der Waals surface area contributed by atoms with E-state index in [9.17, 15) is 9.59 Å². The highest BCUT2D eigenvalue weighted by atomic mass is 35.5. The van der Waals surface area contributed by atoms with Gasteiger partial charge in [0.25, 0.3) is 0 Å². The van der Waals surface area contributed by atoms with Crippen LogP contribution in [-0.2, 0) is 4.79 Å². The molecule has 1 N–H and O–H groups in total. The molecule has 0 unspecified atom stereocenters. The lowest BCUT2D eigenvalue weighted by atomic mass is 10.1. The third kappa shape index (κ3) is 5.24. The van der Waals surface area contributed by atoms with Crippen LogP contribution in [0.3, 0.4) is 0 Å². The highest BCUT2D eigenvalue weighted by molar-refractivity contribution is 6.42. The number of rotatable bonds is 6. The first-order valence-corrected chi connectivity index (χ1v) is 8.13. The van der Waals surface area contributed by atoms with E-state index in [4.69, 9.17) is 34.8 Å². The quantitative estimate of drug-likeness (QED) is 0.669. The Morgan fingerprint density at radius 3 is 2.13 bits per heavy atom. The van der Waals surface area contributed by atoms with Gasteiger partial charge in [-0.05, 0) is 18.6 Å². The van der Waals surface area contributed by atoms with E-state index in [1.165, 1.54) is 12.1 Å². The molecule has 2 aromatic rings. The molecule has 23 heavy (non-hydrogen) atoms. The number of hydrogen-bond acceptors (Lipinski definition) is 2. The average Bonchev–Trinajstić information content (AvgIpc) is 2.51. The summed E-state index contributed by atoms with van der Waals surface area (Å²) in [5.41, 5.74) is 0.980. The molecule has 0 atom stereocenters. The van der Waals surface area contributed by atoms with Gasteiger partial charge >= 0.3 is 0 Å². The molecule has 2 rings (SSSR count). The second kappa shape index (κ2) is 8.34. The van der Waals surface area contributed by atoms with Crippen LogP contribution in [0.1, 0.15) is 29.6 Å². The molecule has 0 fully saturated rings. The van der Waals surface area contributed by atoms with Crippen molar-refractivity contribution in [3.63, 3.8) is 0 Å². The summed E-state index contributed by atoms with van der Waals surface area (Å²) in [6.45, 7) is 0. The number of carbonyl (C=O) groups excluding carboxylic acids is 2. The number of halogens is 3. The van der Waals surface area contributed by atoms with Crippen molar-refractivity contribution >= 4 is 52.2 Å². The molecule has 0 spiro atoms. The van der Waals surface area contributed by atoms with Crippen molar-refractivity contribution in [1.29, 1.82) is 0 Å². The van der Waals surface area contributed by atoms with Crippen molar-refractivity contribution in [2.45, 2.75) is 19.3 Å². The Labute approximate surface area is 149 Å². The summed E-state index contributed by atoms with van der Waals surface area (Å²) in [6, 6.07) is 12.0. The second-order valence-electron chi connectivity index (χ2n) is 4.94. The standard InChI is InChI=1S/C17H14Cl3NO2/c18-12-9-13(19)17(14(20)10-12)21-16(23)8-4-7-15(22)11-5-2-1-3-6-11/h1-3,5-6,9-10H,4,7-8H2,(H,21,23). The monoisotopic (exact) mass is 369 g/mol. The maximum absolute atomic E-state index is 11.9. The first-order chi connectivity index (χ1) is 11.0. The largest absolute Gasteiger partial charge is 0.324 e. The van der Waals surface area contributed by atoms with Crippen LogP contribution < -0.4 is 5.32 Å². The number of amides is 1. The van der Waals surface area contributed by atoms with Crippen molar-refractivity contribution < 1.29 is 9.59 Å². The van der Waals surface area contributed by atoms with Gasteiger partial charge in [-0.25, -0.2) is 0 Å². The summed E-state index contributed by atoms with van der Waals surface area (Å²) < 4.78 is 0. The van der Waals surface area contributed by atoms with Gasteiger partial charge in [0, 0.05) is 23.4 Å². The number of benzene rings is 2. The molecule has 2 aromatic carbocycles. The van der Waals surface area contributed by atoms with Gasteiger partial charge in [-0.2, -0.15) is 0 Å². The molecule has 0 bridgehead atoms. The molecular formula is C17H14Cl3NO2. The van der Waals surface area contributed by atoms with E-state index < -0.39 is 0 Å². The number of Topliss-reactive ketones (excluding diaryl/α,β-unsaturated/α-hetero) is 1. The molecule has 0 saturated heterocycles. The fourth-order valence-electron chi connectivity index (χ4n) is 2.04. The Morgan fingerprint density at radius 2 is 1.52 bits per heavy atom. The third-order valence-corrected chi connectivity index (χ3v) is 3.99. The van der Waals surface area contributed by atoms with Gasteiger partial charge in [-0.3, -0.25) is 9.59 Å². The normalized spacial score (nSPS) is 10.4. The highest BCUT2D eigenvalue weighted by Gasteiger charge is 2.12. The average molecular weight is 371 g/mol. The van der Waals surface area contributed by atoms with Crippen molar-refractivity contribution in [3.8, 4) is 0 Å². The minimum atomic E-state index is -0.253. The fourth-order valence-corrected chi connectivity index (χ4v) is 2.95. The van der Waals surface area contributed by atoms with Gasteiger partial charge in [0.1, 0.15) is 0 Å². The Balaban J connectivity index is 1.85. The van der Waals surface area contributed by atoms with Crippen molar-refractivity contribution in [2.24, 2.45) is 0 Å². The second-order valence-corrected chi connectivity index (χ2v) is 6.19. The van der Waals surface area contributed by atoms with Crippen molar-refractivity contribution in [1.82, 2.24) is 0 Å². The van der Waals surface area contributed by atoms with Crippen LogP contribution in [-0.4, -0.2) is 11.7 Å². The van der Waals surface area contributed by atoms with E-state index in [0.29, 0.717) is 29.1 Å². The first kappa shape index (κ1) is 17.8. The molecule has 0 aromatic heterocycles. The SMILES string of the molecule is O=C(CCCC(=O)c1ccccc1)Nc1c(Cl)cc(Cl)cc1Cl. The molecule has 3 nitrogen and oxygen atoms in total. The molecule has 6 heteroatoms. The number of ketones is 1. The summed E-state index contributed by atoms with van der Waals surface area (Å²) in [6.07, 6.45) is 0.954. The van der Waals surface area contributed by atoms with Crippen LogP contribution in [0.4, 0.5) is 5.69 Å². The lowest BCUT2D eigenvalue weighted by Crippen LogP contribution is -2.12. The Morgan fingerprint density at radius 1 is 0.913 bits per heavy atom. The molecule has 0 saturated carbocycles. The zero-order valence-electron chi connectivity index (χ0n) is 12.1. The van der Waals surface area contributed by atoms with Crippen LogP contribution in [0, 0.1) is 0 Å². The van der Waals surface area contributed by atoms with Crippen LogP contribution in [0.15, 0.2) is 42.5 Å². The van der Waals surface area contributed by atoms with E-state index in [2.05, 4.69) is 5.32 Å². The van der Waals surface area contributed by atoms with E-state index in [1.54, 1.807) is 12.1 Å². The maximum Gasteiger partial charge on any atom is 0.224 e. The van der Waals surface area contributed by atoms with Crippen LogP contribution >= 0.6 is 34.8 Å².